The van der Waals surface area contributed by atoms with Crippen molar-refractivity contribution in [2.75, 3.05) is 16.8 Å². The molecule has 8 nitrogen and oxygen atoms in total. The Morgan fingerprint density at radius 2 is 2.00 bits per heavy atom. The molecule has 3 rings (SSSR count). The summed E-state index contributed by atoms with van der Waals surface area (Å²) in [5.41, 5.74) is 0.656. The van der Waals surface area contributed by atoms with E-state index in [9.17, 15) is 10.1 Å². The van der Waals surface area contributed by atoms with Gasteiger partial charge in [-0.05, 0) is 31.2 Å². The summed E-state index contributed by atoms with van der Waals surface area (Å²) >= 11 is 0. The van der Waals surface area contributed by atoms with E-state index in [1.165, 1.54) is 6.33 Å². The van der Waals surface area contributed by atoms with Crippen LogP contribution in [0.3, 0.4) is 0 Å². The van der Waals surface area contributed by atoms with Gasteiger partial charge in [0.25, 0.3) is 0 Å². The van der Waals surface area contributed by atoms with Crippen molar-refractivity contribution in [3.8, 4) is 0 Å². The van der Waals surface area contributed by atoms with Gasteiger partial charge in [0.15, 0.2) is 0 Å². The number of anilines is 3. The third kappa shape index (κ3) is 3.57. The maximum absolute atomic E-state index is 11.7. The molecule has 0 spiro atoms. The zero-order chi connectivity index (χ0) is 17.6. The van der Waals surface area contributed by atoms with E-state index in [1.54, 1.807) is 23.3 Å². The Bertz CT molecular complexity index is 837. The highest BCUT2D eigenvalue weighted by atomic mass is 16.6. The molecule has 128 valence electrons. The van der Waals surface area contributed by atoms with E-state index < -0.39 is 4.92 Å². The molecule has 8 heteroatoms. The van der Waals surface area contributed by atoms with Gasteiger partial charge >= 0.3 is 5.69 Å². The second kappa shape index (κ2) is 7.43. The molecule has 0 saturated carbocycles. The van der Waals surface area contributed by atoms with Crippen molar-refractivity contribution >= 4 is 23.0 Å². The average Bonchev–Trinajstić information content (AvgIpc) is 3.15. The molecule has 2 aromatic heterocycles. The fraction of sp³-hybridized carbons (Fsp3) is 0.176. The second-order valence-corrected chi connectivity index (χ2v) is 5.16. The van der Waals surface area contributed by atoms with Crippen LogP contribution < -0.4 is 10.2 Å². The number of rotatable bonds is 7. The van der Waals surface area contributed by atoms with Crippen molar-refractivity contribution in [3.63, 3.8) is 0 Å². The molecule has 2 heterocycles. The minimum atomic E-state index is -0.467. The van der Waals surface area contributed by atoms with Crippen molar-refractivity contribution < 1.29 is 9.34 Å². The van der Waals surface area contributed by atoms with Crippen LogP contribution in [-0.4, -0.2) is 21.4 Å². The third-order valence-electron chi connectivity index (χ3n) is 3.64. The Morgan fingerprint density at radius 3 is 2.64 bits per heavy atom. The summed E-state index contributed by atoms with van der Waals surface area (Å²) in [6.45, 7) is 2.73. The Morgan fingerprint density at radius 1 is 1.20 bits per heavy atom. The zero-order valence-corrected chi connectivity index (χ0v) is 13.6. The number of nitro groups is 1. The van der Waals surface area contributed by atoms with E-state index in [1.807, 2.05) is 37.3 Å². The minimum absolute atomic E-state index is 0.154. The molecule has 25 heavy (non-hydrogen) atoms. The molecule has 0 unspecified atom stereocenters. The van der Waals surface area contributed by atoms with Crippen LogP contribution in [0.1, 0.15) is 12.7 Å². The van der Waals surface area contributed by atoms with E-state index in [0.717, 1.165) is 5.69 Å². The number of furan rings is 1. The number of hydrogen-bond donors (Lipinski definition) is 1. The predicted molar refractivity (Wildman–Crippen MR) is 93.8 cm³/mol. The van der Waals surface area contributed by atoms with Crippen molar-refractivity contribution in [1.82, 2.24) is 9.97 Å². The summed E-state index contributed by atoms with van der Waals surface area (Å²) in [6.07, 6.45) is 2.86. The molecule has 0 amide bonds. The lowest BCUT2D eigenvalue weighted by Crippen LogP contribution is -2.20. The van der Waals surface area contributed by atoms with Gasteiger partial charge in [-0.25, -0.2) is 9.97 Å². The summed E-state index contributed by atoms with van der Waals surface area (Å²) in [4.78, 5) is 21.2. The van der Waals surface area contributed by atoms with Crippen LogP contribution in [0.15, 0.2) is 59.5 Å². The maximum Gasteiger partial charge on any atom is 0.353 e. The predicted octanol–water partition coefficient (Wildman–Crippen LogP) is 3.75. The van der Waals surface area contributed by atoms with Gasteiger partial charge in [0, 0.05) is 12.2 Å². The van der Waals surface area contributed by atoms with Crippen molar-refractivity contribution in [1.29, 1.82) is 0 Å². The Balaban J connectivity index is 1.98. The number of nitrogens with one attached hydrogen (secondary N) is 1. The van der Waals surface area contributed by atoms with Crippen molar-refractivity contribution in [2.45, 2.75) is 13.5 Å². The zero-order valence-electron chi connectivity index (χ0n) is 13.6. The molecule has 0 saturated heterocycles. The average molecular weight is 339 g/mol. The van der Waals surface area contributed by atoms with Crippen LogP contribution in [0.25, 0.3) is 0 Å². The molecule has 0 aliphatic carbocycles. The van der Waals surface area contributed by atoms with E-state index in [-0.39, 0.29) is 17.3 Å². The summed E-state index contributed by atoms with van der Waals surface area (Å²) in [5, 5.41) is 14.6. The molecule has 1 aromatic carbocycles. The molecule has 0 aliphatic rings. The van der Waals surface area contributed by atoms with Gasteiger partial charge in [-0.15, -0.1) is 0 Å². The van der Waals surface area contributed by atoms with Gasteiger partial charge in [-0.1, -0.05) is 18.2 Å². The first-order valence-electron chi connectivity index (χ1n) is 7.79. The molecular formula is C17H17N5O3. The molecule has 1 N–H and O–H groups in total. The third-order valence-corrected chi connectivity index (χ3v) is 3.64. The number of hydrogen-bond acceptors (Lipinski definition) is 7. The largest absolute Gasteiger partial charge is 0.467 e. The van der Waals surface area contributed by atoms with E-state index in [4.69, 9.17) is 4.42 Å². The molecule has 0 aliphatic heterocycles. The van der Waals surface area contributed by atoms with Crippen molar-refractivity contribution in [3.05, 3.63) is 70.9 Å². The Labute approximate surface area is 144 Å². The van der Waals surface area contributed by atoms with E-state index >= 15 is 0 Å². The van der Waals surface area contributed by atoms with Gasteiger partial charge in [-0.3, -0.25) is 10.1 Å². The molecular weight excluding hydrogens is 322 g/mol. The lowest BCUT2D eigenvalue weighted by molar-refractivity contribution is -0.383. The van der Waals surface area contributed by atoms with Gasteiger partial charge in [0.1, 0.15) is 12.1 Å². The van der Waals surface area contributed by atoms with E-state index in [0.29, 0.717) is 18.8 Å². The highest BCUT2D eigenvalue weighted by molar-refractivity contribution is 5.75. The standard InChI is InChI=1S/C17H17N5O3/c1-2-21(13-7-4-3-5-8-13)17-15(22(23)24)16(19-12-20-17)18-11-14-9-6-10-25-14/h3-10,12H,2,11H2,1H3,(H,18,19,20). The summed E-state index contributed by atoms with van der Waals surface area (Å²) in [7, 11) is 0. The van der Waals surface area contributed by atoms with Crippen LogP contribution in [0, 0.1) is 10.1 Å². The quantitative estimate of drug-likeness (QED) is 0.517. The van der Waals surface area contributed by atoms with Gasteiger partial charge in [0.2, 0.25) is 11.6 Å². The van der Waals surface area contributed by atoms with Gasteiger partial charge in [-0.2, -0.15) is 0 Å². The number of aromatic nitrogens is 2. The molecule has 3 aromatic rings. The number of benzene rings is 1. The van der Waals surface area contributed by atoms with Crippen LogP contribution >= 0.6 is 0 Å². The first-order valence-corrected chi connectivity index (χ1v) is 7.79. The highest BCUT2D eigenvalue weighted by Crippen LogP contribution is 2.35. The Hall–Kier alpha value is -3.42. The van der Waals surface area contributed by atoms with Crippen LogP contribution in [0.4, 0.5) is 23.0 Å². The van der Waals surface area contributed by atoms with Gasteiger partial charge in [0.05, 0.1) is 17.7 Å². The fourth-order valence-corrected chi connectivity index (χ4v) is 2.51. The highest BCUT2D eigenvalue weighted by Gasteiger charge is 2.27. The summed E-state index contributed by atoms with van der Waals surface area (Å²) in [5.74, 6) is 1.06. The smallest absolute Gasteiger partial charge is 0.353 e. The van der Waals surface area contributed by atoms with Crippen LogP contribution in [0.5, 0.6) is 0 Å². The second-order valence-electron chi connectivity index (χ2n) is 5.16. The van der Waals surface area contributed by atoms with Crippen LogP contribution in [-0.2, 0) is 6.54 Å². The molecule has 0 atom stereocenters. The van der Waals surface area contributed by atoms with Crippen molar-refractivity contribution in [2.24, 2.45) is 0 Å². The minimum Gasteiger partial charge on any atom is -0.467 e. The maximum atomic E-state index is 11.7. The molecule has 0 bridgehead atoms. The number of para-hydroxylation sites is 1. The first kappa shape index (κ1) is 16.4. The summed E-state index contributed by atoms with van der Waals surface area (Å²) < 4.78 is 5.24. The Kier molecular flexibility index (Phi) is 4.89. The SMILES string of the molecule is CCN(c1ccccc1)c1ncnc(NCc2ccco2)c1[N+](=O)[O-]. The van der Waals surface area contributed by atoms with Crippen LogP contribution in [0.2, 0.25) is 0 Å². The number of nitrogens with zero attached hydrogens (tertiary/aromatic N) is 4. The molecule has 0 radical (unpaired) electrons. The monoisotopic (exact) mass is 339 g/mol. The normalized spacial score (nSPS) is 10.4. The molecule has 0 fully saturated rings. The lowest BCUT2D eigenvalue weighted by atomic mass is 10.2. The van der Waals surface area contributed by atoms with E-state index in [2.05, 4.69) is 15.3 Å². The fourth-order valence-electron chi connectivity index (χ4n) is 2.51. The lowest BCUT2D eigenvalue weighted by Gasteiger charge is -2.22. The first-order chi connectivity index (χ1) is 12.2. The summed E-state index contributed by atoms with van der Waals surface area (Å²) in [6, 6.07) is 12.9. The van der Waals surface area contributed by atoms with Gasteiger partial charge < -0.3 is 14.6 Å². The topological polar surface area (TPSA) is 97.3 Å².